The van der Waals surface area contributed by atoms with Crippen molar-refractivity contribution in [1.82, 2.24) is 4.98 Å². The van der Waals surface area contributed by atoms with Crippen molar-refractivity contribution >= 4 is 24.0 Å². The fraction of sp³-hybridized carbons (Fsp3) is 0.364. The predicted octanol–water partition coefficient (Wildman–Crippen LogP) is 3.08. The van der Waals surface area contributed by atoms with E-state index in [1.54, 1.807) is 13.3 Å². The molecular weight excluding hydrogens is 270 g/mol. The second-order valence-corrected chi connectivity index (χ2v) is 9.87. The molecule has 0 aromatic carbocycles. The molecule has 0 N–H and O–H groups in total. The lowest BCUT2D eigenvalue weighted by molar-refractivity contribution is 0.411. The molecule has 15 heavy (non-hydrogen) atoms. The summed E-state index contributed by atoms with van der Waals surface area (Å²) in [4.78, 5) is 4.23. The summed E-state index contributed by atoms with van der Waals surface area (Å²) in [7, 11) is 0.270. The molecule has 0 atom stereocenters. The minimum atomic E-state index is -1.36. The van der Waals surface area contributed by atoms with Gasteiger partial charge in [-0.15, -0.1) is 5.54 Å². The first kappa shape index (κ1) is 12.3. The monoisotopic (exact) mass is 283 g/mol. The van der Waals surface area contributed by atoms with Gasteiger partial charge in [0.05, 0.1) is 7.11 Å². The van der Waals surface area contributed by atoms with Gasteiger partial charge in [-0.2, -0.15) is 0 Å². The molecule has 0 saturated carbocycles. The van der Waals surface area contributed by atoms with Crippen molar-refractivity contribution in [2.75, 3.05) is 7.11 Å². The van der Waals surface area contributed by atoms with Crippen molar-refractivity contribution in [2.24, 2.45) is 0 Å². The molecule has 0 saturated heterocycles. The maximum atomic E-state index is 5.21. The standard InChI is InChI=1S/C11H14BrNOSi/c1-14-11-7-9(12)8-13-10(11)5-6-15(2,3)4/h7-8H,1-4H3. The van der Waals surface area contributed by atoms with Crippen LogP contribution in [0.3, 0.4) is 0 Å². The van der Waals surface area contributed by atoms with E-state index in [1.165, 1.54) is 0 Å². The van der Waals surface area contributed by atoms with E-state index in [-0.39, 0.29) is 0 Å². The predicted molar refractivity (Wildman–Crippen MR) is 68.7 cm³/mol. The van der Waals surface area contributed by atoms with Gasteiger partial charge in [-0.25, -0.2) is 4.98 Å². The van der Waals surface area contributed by atoms with Crippen molar-refractivity contribution in [1.29, 1.82) is 0 Å². The summed E-state index contributed by atoms with van der Waals surface area (Å²) in [5.41, 5.74) is 3.97. The molecule has 0 radical (unpaired) electrons. The molecule has 1 heterocycles. The van der Waals surface area contributed by atoms with Crippen LogP contribution in [-0.4, -0.2) is 20.2 Å². The molecule has 0 unspecified atom stereocenters. The third kappa shape index (κ3) is 4.06. The van der Waals surface area contributed by atoms with Crippen molar-refractivity contribution < 1.29 is 4.74 Å². The van der Waals surface area contributed by atoms with Crippen molar-refractivity contribution in [3.63, 3.8) is 0 Å². The number of hydrogen-bond donors (Lipinski definition) is 0. The summed E-state index contributed by atoms with van der Waals surface area (Å²) in [6.45, 7) is 6.60. The van der Waals surface area contributed by atoms with Gasteiger partial charge < -0.3 is 4.74 Å². The highest BCUT2D eigenvalue weighted by atomic mass is 79.9. The zero-order valence-corrected chi connectivity index (χ0v) is 12.0. The Labute approximate surface area is 100 Å². The lowest BCUT2D eigenvalue weighted by Crippen LogP contribution is -2.16. The molecule has 1 aromatic rings. The van der Waals surface area contributed by atoms with Gasteiger partial charge in [0.25, 0.3) is 0 Å². The molecule has 2 nitrogen and oxygen atoms in total. The van der Waals surface area contributed by atoms with Crippen LogP contribution in [-0.2, 0) is 0 Å². The number of hydrogen-bond acceptors (Lipinski definition) is 2. The van der Waals surface area contributed by atoms with Gasteiger partial charge in [-0.1, -0.05) is 25.6 Å². The van der Waals surface area contributed by atoms with E-state index in [9.17, 15) is 0 Å². The maximum Gasteiger partial charge on any atom is 0.154 e. The second-order valence-electron chi connectivity index (χ2n) is 4.20. The first-order valence-corrected chi connectivity index (χ1v) is 8.94. The molecule has 0 aliphatic rings. The normalized spacial score (nSPS) is 10.5. The van der Waals surface area contributed by atoms with E-state index in [2.05, 4.69) is 52.0 Å². The van der Waals surface area contributed by atoms with Crippen LogP contribution in [0.5, 0.6) is 5.75 Å². The molecule has 0 aliphatic heterocycles. The summed E-state index contributed by atoms with van der Waals surface area (Å²) >= 11 is 3.35. The third-order valence-corrected chi connectivity index (χ3v) is 2.90. The summed E-state index contributed by atoms with van der Waals surface area (Å²) < 4.78 is 6.11. The van der Waals surface area contributed by atoms with Gasteiger partial charge >= 0.3 is 0 Å². The van der Waals surface area contributed by atoms with Crippen molar-refractivity contribution in [2.45, 2.75) is 19.6 Å². The highest BCUT2D eigenvalue weighted by Crippen LogP contribution is 2.20. The minimum absolute atomic E-state index is 0.711. The van der Waals surface area contributed by atoms with Gasteiger partial charge in [0.15, 0.2) is 11.4 Å². The summed E-state index contributed by atoms with van der Waals surface area (Å²) in [5.74, 6) is 3.80. The van der Waals surface area contributed by atoms with Crippen LogP contribution in [0.4, 0.5) is 0 Å². The van der Waals surface area contributed by atoms with E-state index < -0.39 is 8.07 Å². The van der Waals surface area contributed by atoms with Crippen LogP contribution in [0.25, 0.3) is 0 Å². The van der Waals surface area contributed by atoms with Crippen LogP contribution < -0.4 is 4.74 Å². The number of aromatic nitrogens is 1. The lowest BCUT2D eigenvalue weighted by Gasteiger charge is -2.05. The van der Waals surface area contributed by atoms with Crippen molar-refractivity contribution in [3.05, 3.63) is 22.4 Å². The molecule has 80 valence electrons. The molecule has 1 rings (SSSR count). The fourth-order valence-corrected chi connectivity index (χ4v) is 1.72. The lowest BCUT2D eigenvalue weighted by atomic mass is 10.3. The SMILES string of the molecule is COc1cc(Br)cnc1C#C[Si](C)(C)C. The number of ether oxygens (including phenoxy) is 1. The average Bonchev–Trinajstić information content (AvgIpc) is 2.14. The Morgan fingerprint density at radius 1 is 1.40 bits per heavy atom. The number of halogens is 1. The molecular formula is C11H14BrNOSi. The van der Waals surface area contributed by atoms with Gasteiger partial charge in [0.1, 0.15) is 8.07 Å². The number of nitrogens with zero attached hydrogens (tertiary/aromatic N) is 1. The van der Waals surface area contributed by atoms with Crippen LogP contribution >= 0.6 is 15.9 Å². The highest BCUT2D eigenvalue weighted by molar-refractivity contribution is 9.10. The Balaban J connectivity index is 3.08. The Bertz CT molecular complexity index is 415. The zero-order chi connectivity index (χ0) is 11.5. The molecule has 0 bridgehead atoms. The molecule has 1 aromatic heterocycles. The maximum absolute atomic E-state index is 5.21. The Kier molecular flexibility index (Phi) is 3.94. The molecule has 0 spiro atoms. The van der Waals surface area contributed by atoms with E-state index in [4.69, 9.17) is 4.74 Å². The summed E-state index contributed by atoms with van der Waals surface area (Å²) in [6.07, 6.45) is 1.73. The third-order valence-electron chi connectivity index (χ3n) is 1.60. The number of pyridine rings is 1. The van der Waals surface area contributed by atoms with Gasteiger partial charge in [-0.05, 0) is 22.0 Å². The first-order valence-electron chi connectivity index (χ1n) is 4.65. The Morgan fingerprint density at radius 2 is 2.07 bits per heavy atom. The van der Waals surface area contributed by atoms with Crippen LogP contribution in [0.1, 0.15) is 5.69 Å². The molecule has 0 aliphatic carbocycles. The van der Waals surface area contributed by atoms with Crippen molar-refractivity contribution in [3.8, 4) is 17.2 Å². The summed E-state index contributed by atoms with van der Waals surface area (Å²) in [5, 5.41) is 0. The van der Waals surface area contributed by atoms with Crippen LogP contribution in [0.2, 0.25) is 19.6 Å². The van der Waals surface area contributed by atoms with Crippen LogP contribution in [0.15, 0.2) is 16.7 Å². The first-order chi connectivity index (χ1) is 6.92. The van der Waals surface area contributed by atoms with E-state index in [0.29, 0.717) is 5.69 Å². The molecule has 0 fully saturated rings. The largest absolute Gasteiger partial charge is 0.494 e. The summed E-state index contributed by atoms with van der Waals surface area (Å²) in [6, 6.07) is 1.88. The minimum Gasteiger partial charge on any atom is -0.494 e. The molecule has 4 heteroatoms. The van der Waals surface area contributed by atoms with Crippen LogP contribution in [0, 0.1) is 11.5 Å². The van der Waals surface area contributed by atoms with E-state index >= 15 is 0 Å². The zero-order valence-electron chi connectivity index (χ0n) is 9.39. The number of rotatable bonds is 1. The van der Waals surface area contributed by atoms with Gasteiger partial charge in [-0.3, -0.25) is 0 Å². The second kappa shape index (κ2) is 4.82. The quantitative estimate of drug-likeness (QED) is 0.584. The van der Waals surface area contributed by atoms with E-state index in [1.807, 2.05) is 6.07 Å². The van der Waals surface area contributed by atoms with Gasteiger partial charge in [0.2, 0.25) is 0 Å². The highest BCUT2D eigenvalue weighted by Gasteiger charge is 2.09. The number of methoxy groups -OCH3 is 1. The smallest absolute Gasteiger partial charge is 0.154 e. The van der Waals surface area contributed by atoms with E-state index in [0.717, 1.165) is 10.2 Å². The molecule has 0 amide bonds. The van der Waals surface area contributed by atoms with Gasteiger partial charge in [0, 0.05) is 10.7 Å². The fourth-order valence-electron chi connectivity index (χ4n) is 0.917. The topological polar surface area (TPSA) is 22.1 Å². The average molecular weight is 284 g/mol. The Morgan fingerprint density at radius 3 is 2.60 bits per heavy atom. The Hall–Kier alpha value is -0.793.